The summed E-state index contributed by atoms with van der Waals surface area (Å²) in [6, 6.07) is 9.42. The lowest BCUT2D eigenvalue weighted by molar-refractivity contribution is 0.0947. The van der Waals surface area contributed by atoms with E-state index in [4.69, 9.17) is 9.47 Å². The third kappa shape index (κ3) is 5.48. The Morgan fingerprint density at radius 1 is 1.12 bits per heavy atom. The van der Waals surface area contributed by atoms with E-state index in [1.165, 1.54) is 18.7 Å². The van der Waals surface area contributed by atoms with Gasteiger partial charge in [0.05, 0.1) is 20.5 Å². The van der Waals surface area contributed by atoms with Gasteiger partial charge in [0.1, 0.15) is 17.1 Å². The van der Waals surface area contributed by atoms with Crippen molar-refractivity contribution in [2.24, 2.45) is 0 Å². The highest BCUT2D eigenvalue weighted by Gasteiger charge is 2.25. The number of amides is 1. The first-order valence-corrected chi connectivity index (χ1v) is 11.5. The van der Waals surface area contributed by atoms with Gasteiger partial charge in [0, 0.05) is 69.8 Å². The molecule has 0 bridgehead atoms. The minimum atomic E-state index is -0.213. The Morgan fingerprint density at radius 2 is 1.94 bits per heavy atom. The number of carbonyl (C=O) groups is 1. The van der Waals surface area contributed by atoms with E-state index in [1.54, 1.807) is 24.2 Å². The molecule has 1 N–H and O–H groups in total. The summed E-state index contributed by atoms with van der Waals surface area (Å²) in [6.07, 6.45) is 6.74. The van der Waals surface area contributed by atoms with Gasteiger partial charge >= 0.3 is 0 Å². The summed E-state index contributed by atoms with van der Waals surface area (Å²) in [5.74, 6) is 0.938. The van der Waals surface area contributed by atoms with Crippen LogP contribution in [0.3, 0.4) is 0 Å². The molecule has 1 aliphatic heterocycles. The Morgan fingerprint density at radius 3 is 2.65 bits per heavy atom. The van der Waals surface area contributed by atoms with Crippen molar-refractivity contribution in [2.75, 3.05) is 33.9 Å². The first kappa shape index (κ1) is 23.6. The molecule has 9 heteroatoms. The molecule has 34 heavy (non-hydrogen) atoms. The molecule has 3 aromatic rings. The van der Waals surface area contributed by atoms with Crippen molar-refractivity contribution in [1.29, 1.82) is 0 Å². The van der Waals surface area contributed by atoms with E-state index in [0.717, 1.165) is 44.0 Å². The van der Waals surface area contributed by atoms with Gasteiger partial charge in [0.2, 0.25) is 0 Å². The highest BCUT2D eigenvalue weighted by atomic mass is 16.5. The van der Waals surface area contributed by atoms with E-state index in [9.17, 15) is 9.59 Å². The molecule has 0 spiro atoms. The third-order valence-corrected chi connectivity index (χ3v) is 6.14. The van der Waals surface area contributed by atoms with Crippen LogP contribution in [-0.4, -0.2) is 58.8 Å². The van der Waals surface area contributed by atoms with Crippen LogP contribution in [0.2, 0.25) is 0 Å². The number of nitrogens with zero attached hydrogens (tertiary/aromatic N) is 4. The minimum absolute atomic E-state index is 0.144. The number of ether oxygens (including phenoxy) is 2. The topological polar surface area (TPSA) is 90.6 Å². The van der Waals surface area contributed by atoms with Crippen molar-refractivity contribution in [3.63, 3.8) is 0 Å². The number of hydrogen-bond acceptors (Lipinski definition) is 6. The van der Waals surface area contributed by atoms with Crippen LogP contribution in [0, 0.1) is 0 Å². The predicted molar refractivity (Wildman–Crippen MR) is 128 cm³/mol. The number of fused-ring (bicyclic) bond motifs is 1. The first-order valence-electron chi connectivity index (χ1n) is 11.5. The molecule has 9 nitrogen and oxygen atoms in total. The van der Waals surface area contributed by atoms with Gasteiger partial charge in [-0.25, -0.2) is 4.98 Å². The number of pyridine rings is 1. The fraction of sp³-hybridized carbons (Fsp3) is 0.400. The molecule has 180 valence electrons. The Hall–Kier alpha value is -3.59. The van der Waals surface area contributed by atoms with E-state index >= 15 is 0 Å². The summed E-state index contributed by atoms with van der Waals surface area (Å²) >= 11 is 0. The second kappa shape index (κ2) is 11.0. The fourth-order valence-corrected chi connectivity index (χ4v) is 4.32. The Kier molecular flexibility index (Phi) is 7.64. The van der Waals surface area contributed by atoms with Gasteiger partial charge in [-0.3, -0.25) is 14.5 Å². The average Bonchev–Trinajstić information content (AvgIpc) is 3.29. The van der Waals surface area contributed by atoms with Crippen LogP contribution in [-0.2, 0) is 26.1 Å². The summed E-state index contributed by atoms with van der Waals surface area (Å²) in [6.45, 7) is 4.03. The highest BCUT2D eigenvalue weighted by molar-refractivity contribution is 5.98. The molecule has 0 aliphatic carbocycles. The number of carbonyl (C=O) groups excluding carboxylic acids is 1. The fourth-order valence-electron chi connectivity index (χ4n) is 4.32. The van der Waals surface area contributed by atoms with Crippen molar-refractivity contribution >= 4 is 5.91 Å². The monoisotopic (exact) mass is 465 g/mol. The van der Waals surface area contributed by atoms with Gasteiger partial charge in [0.25, 0.3) is 11.5 Å². The summed E-state index contributed by atoms with van der Waals surface area (Å²) in [4.78, 5) is 32.3. The number of rotatable bonds is 9. The molecule has 0 fully saturated rings. The van der Waals surface area contributed by atoms with Crippen molar-refractivity contribution in [3.05, 3.63) is 76.2 Å². The second-order valence-electron chi connectivity index (χ2n) is 8.31. The van der Waals surface area contributed by atoms with Crippen LogP contribution in [0.25, 0.3) is 0 Å². The first-order chi connectivity index (χ1) is 16.6. The van der Waals surface area contributed by atoms with Crippen molar-refractivity contribution in [2.45, 2.75) is 32.5 Å². The number of benzene rings is 1. The molecule has 0 unspecified atom stereocenters. The van der Waals surface area contributed by atoms with Gasteiger partial charge in [-0.2, -0.15) is 0 Å². The molecule has 0 saturated heterocycles. The van der Waals surface area contributed by atoms with Crippen molar-refractivity contribution in [3.8, 4) is 11.5 Å². The number of nitrogens with one attached hydrogen (secondary N) is 1. The molecule has 4 rings (SSSR count). The predicted octanol–water partition coefficient (Wildman–Crippen LogP) is 1.94. The lowest BCUT2D eigenvalue weighted by Crippen LogP contribution is -2.32. The molecule has 3 heterocycles. The van der Waals surface area contributed by atoms with Crippen LogP contribution in [0.15, 0.2) is 53.8 Å². The van der Waals surface area contributed by atoms with Crippen LogP contribution in [0.1, 0.15) is 28.0 Å². The maximum absolute atomic E-state index is 13.2. The molecule has 1 amide bonds. The standard InChI is InChI=1S/C25H31N5O4/c1-33-20-6-4-19(5-7-20)17-28-12-8-21-24(22(34-2)16-23(31)30(21)15-14-28)25(32)27-9-3-11-29-13-10-26-18-29/h4-7,10,13,16,18H,3,8-9,11-12,14-15,17H2,1-2H3,(H,27,32). The molecule has 0 saturated carbocycles. The summed E-state index contributed by atoms with van der Waals surface area (Å²) in [7, 11) is 3.15. The van der Waals surface area contributed by atoms with Gasteiger partial charge in [-0.05, 0) is 24.1 Å². The second-order valence-corrected chi connectivity index (χ2v) is 8.31. The smallest absolute Gasteiger partial charge is 0.256 e. The summed E-state index contributed by atoms with van der Waals surface area (Å²) in [5.41, 5.74) is 2.21. The normalized spacial score (nSPS) is 13.7. The van der Waals surface area contributed by atoms with Gasteiger partial charge < -0.3 is 23.9 Å². The molecule has 1 aliphatic rings. The number of imidazole rings is 1. The zero-order valence-electron chi connectivity index (χ0n) is 19.7. The quantitative estimate of drug-likeness (QED) is 0.486. The summed E-state index contributed by atoms with van der Waals surface area (Å²) in [5, 5.41) is 2.99. The largest absolute Gasteiger partial charge is 0.497 e. The Balaban J connectivity index is 1.46. The lowest BCUT2D eigenvalue weighted by atomic mass is 10.1. The lowest BCUT2D eigenvalue weighted by Gasteiger charge is -2.19. The van der Waals surface area contributed by atoms with E-state index in [2.05, 4.69) is 27.3 Å². The maximum atomic E-state index is 13.2. The van der Waals surface area contributed by atoms with E-state index in [1.807, 2.05) is 22.9 Å². The van der Waals surface area contributed by atoms with E-state index < -0.39 is 0 Å². The van der Waals surface area contributed by atoms with Crippen LogP contribution < -0.4 is 20.3 Å². The molecule has 0 radical (unpaired) electrons. The molecular formula is C25H31N5O4. The van der Waals surface area contributed by atoms with Gasteiger partial charge in [-0.15, -0.1) is 0 Å². The van der Waals surface area contributed by atoms with E-state index in [-0.39, 0.29) is 11.5 Å². The third-order valence-electron chi connectivity index (χ3n) is 6.14. The maximum Gasteiger partial charge on any atom is 0.256 e. The number of methoxy groups -OCH3 is 2. The van der Waals surface area contributed by atoms with Crippen molar-refractivity contribution < 1.29 is 14.3 Å². The van der Waals surface area contributed by atoms with Crippen LogP contribution in [0.4, 0.5) is 0 Å². The number of hydrogen-bond donors (Lipinski definition) is 1. The molecule has 0 atom stereocenters. The Labute approximate surface area is 198 Å². The highest BCUT2D eigenvalue weighted by Crippen LogP contribution is 2.23. The zero-order chi connectivity index (χ0) is 23.9. The summed E-state index contributed by atoms with van der Waals surface area (Å²) < 4.78 is 14.4. The van der Waals surface area contributed by atoms with Crippen molar-refractivity contribution in [1.82, 2.24) is 24.3 Å². The van der Waals surface area contributed by atoms with E-state index in [0.29, 0.717) is 30.8 Å². The number of aromatic nitrogens is 3. The molecular weight excluding hydrogens is 434 g/mol. The SMILES string of the molecule is COc1ccc(CN2CCc3c(C(=O)NCCCn4ccnc4)c(OC)cc(=O)n3CC2)cc1. The average molecular weight is 466 g/mol. The van der Waals surface area contributed by atoms with Crippen LogP contribution in [0.5, 0.6) is 11.5 Å². The van der Waals surface area contributed by atoms with Crippen LogP contribution >= 0.6 is 0 Å². The minimum Gasteiger partial charge on any atom is -0.497 e. The van der Waals surface area contributed by atoms with Gasteiger partial charge in [0.15, 0.2) is 0 Å². The van der Waals surface area contributed by atoms with Gasteiger partial charge in [-0.1, -0.05) is 12.1 Å². The number of aryl methyl sites for hydroxylation is 1. The Bertz CT molecular complexity index is 1160. The molecule has 1 aromatic carbocycles. The zero-order valence-corrected chi connectivity index (χ0v) is 19.7. The molecule has 2 aromatic heterocycles.